The van der Waals surface area contributed by atoms with Crippen LogP contribution in [0.1, 0.15) is 27.7 Å². The zero-order valence-electron chi connectivity index (χ0n) is 12.6. The van der Waals surface area contributed by atoms with Crippen molar-refractivity contribution in [3.05, 3.63) is 0 Å². The molecule has 2 aliphatic rings. The molecule has 0 aromatic heterocycles. The molecule has 2 heterocycles. The summed E-state index contributed by atoms with van der Waals surface area (Å²) in [5, 5.41) is 3.31. The molecule has 19 heavy (non-hydrogen) atoms. The molecule has 2 aliphatic heterocycles. The molecule has 2 saturated heterocycles. The molecule has 110 valence electrons. The Morgan fingerprint density at radius 1 is 1.37 bits per heavy atom. The number of rotatable bonds is 4. The van der Waals surface area contributed by atoms with Crippen molar-refractivity contribution in [3.63, 3.8) is 0 Å². The molecule has 0 aliphatic carbocycles. The van der Waals surface area contributed by atoms with E-state index in [0.717, 1.165) is 26.2 Å². The topological polar surface area (TPSA) is 44.8 Å². The molecule has 2 amide bonds. The quantitative estimate of drug-likeness (QED) is 0.832. The van der Waals surface area contributed by atoms with Crippen molar-refractivity contribution < 1.29 is 9.53 Å². The summed E-state index contributed by atoms with van der Waals surface area (Å²) in [6.45, 7) is 12.6. The van der Waals surface area contributed by atoms with Crippen LogP contribution in [0.2, 0.25) is 0 Å². The van der Waals surface area contributed by atoms with Gasteiger partial charge in [-0.3, -0.25) is 0 Å². The van der Waals surface area contributed by atoms with Crippen molar-refractivity contribution >= 4 is 6.03 Å². The van der Waals surface area contributed by atoms with Crippen LogP contribution in [0.5, 0.6) is 0 Å². The summed E-state index contributed by atoms with van der Waals surface area (Å²) in [5.41, 5.74) is 0. The summed E-state index contributed by atoms with van der Waals surface area (Å²) >= 11 is 0. The highest BCUT2D eigenvalue weighted by atomic mass is 16.5. The van der Waals surface area contributed by atoms with E-state index in [1.807, 2.05) is 9.80 Å². The zero-order valence-corrected chi connectivity index (χ0v) is 12.6. The number of nitrogens with one attached hydrogen (secondary N) is 1. The van der Waals surface area contributed by atoms with E-state index in [0.29, 0.717) is 18.5 Å². The van der Waals surface area contributed by atoms with Crippen LogP contribution in [0.15, 0.2) is 0 Å². The maximum Gasteiger partial charge on any atom is 0.320 e. The first kappa shape index (κ1) is 14.6. The van der Waals surface area contributed by atoms with Crippen LogP contribution in [-0.4, -0.2) is 66.8 Å². The Kier molecular flexibility index (Phi) is 4.68. The van der Waals surface area contributed by atoms with Gasteiger partial charge in [0.2, 0.25) is 0 Å². The van der Waals surface area contributed by atoms with E-state index in [4.69, 9.17) is 4.74 Å². The van der Waals surface area contributed by atoms with Gasteiger partial charge in [-0.05, 0) is 19.8 Å². The van der Waals surface area contributed by atoms with E-state index >= 15 is 0 Å². The number of hydrogen-bond acceptors (Lipinski definition) is 3. The summed E-state index contributed by atoms with van der Waals surface area (Å²) in [5.74, 6) is 0.488. The standard InChI is InChI=1S/C14H27N3O2/c1-10(2)13-9-16(14(18)17(13)11(3)4)8-12-7-15-5-6-19-12/h10-13,15H,5-9H2,1-4H3. The lowest BCUT2D eigenvalue weighted by Crippen LogP contribution is -2.47. The van der Waals surface area contributed by atoms with Gasteiger partial charge in [0.05, 0.1) is 18.8 Å². The predicted octanol–water partition coefficient (Wildman–Crippen LogP) is 1.15. The summed E-state index contributed by atoms with van der Waals surface area (Å²) in [4.78, 5) is 16.5. The molecule has 5 nitrogen and oxygen atoms in total. The number of urea groups is 1. The Hall–Kier alpha value is -0.810. The summed E-state index contributed by atoms with van der Waals surface area (Å²) in [7, 11) is 0. The Balaban J connectivity index is 2.00. The molecular formula is C14H27N3O2. The molecule has 1 N–H and O–H groups in total. The number of nitrogens with zero attached hydrogens (tertiary/aromatic N) is 2. The summed E-state index contributed by atoms with van der Waals surface area (Å²) < 4.78 is 5.70. The van der Waals surface area contributed by atoms with Gasteiger partial charge < -0.3 is 19.9 Å². The monoisotopic (exact) mass is 269 g/mol. The summed E-state index contributed by atoms with van der Waals surface area (Å²) in [6, 6.07) is 0.752. The molecular weight excluding hydrogens is 242 g/mol. The van der Waals surface area contributed by atoms with Gasteiger partial charge in [-0.2, -0.15) is 0 Å². The Bertz CT molecular complexity index is 314. The smallest absolute Gasteiger partial charge is 0.320 e. The van der Waals surface area contributed by atoms with Gasteiger partial charge in [0.15, 0.2) is 0 Å². The largest absolute Gasteiger partial charge is 0.374 e. The van der Waals surface area contributed by atoms with Gasteiger partial charge >= 0.3 is 6.03 Å². The average molecular weight is 269 g/mol. The van der Waals surface area contributed by atoms with E-state index in [1.54, 1.807) is 0 Å². The van der Waals surface area contributed by atoms with E-state index in [9.17, 15) is 4.79 Å². The number of hydrogen-bond donors (Lipinski definition) is 1. The highest BCUT2D eigenvalue weighted by Gasteiger charge is 2.40. The van der Waals surface area contributed by atoms with Crippen LogP contribution < -0.4 is 5.32 Å². The highest BCUT2D eigenvalue weighted by molar-refractivity contribution is 5.77. The van der Waals surface area contributed by atoms with Crippen LogP contribution in [0.3, 0.4) is 0 Å². The van der Waals surface area contributed by atoms with Crippen molar-refractivity contribution in [2.24, 2.45) is 5.92 Å². The minimum Gasteiger partial charge on any atom is -0.374 e. The maximum absolute atomic E-state index is 12.5. The maximum atomic E-state index is 12.5. The Labute approximate surface area is 116 Å². The van der Waals surface area contributed by atoms with Crippen molar-refractivity contribution in [3.8, 4) is 0 Å². The SMILES string of the molecule is CC(C)C1CN(CC2CNCCO2)C(=O)N1C(C)C. The predicted molar refractivity (Wildman–Crippen MR) is 75.2 cm³/mol. The van der Waals surface area contributed by atoms with Crippen LogP contribution in [0.25, 0.3) is 0 Å². The lowest BCUT2D eigenvalue weighted by Gasteiger charge is -2.30. The van der Waals surface area contributed by atoms with Crippen LogP contribution >= 0.6 is 0 Å². The number of amides is 2. The van der Waals surface area contributed by atoms with Crippen molar-refractivity contribution in [1.82, 2.24) is 15.1 Å². The lowest BCUT2D eigenvalue weighted by molar-refractivity contribution is 0.0141. The normalized spacial score (nSPS) is 28.8. The van der Waals surface area contributed by atoms with Crippen molar-refractivity contribution in [1.29, 1.82) is 0 Å². The van der Waals surface area contributed by atoms with E-state index in [-0.39, 0.29) is 18.2 Å². The fourth-order valence-corrected chi connectivity index (χ4v) is 2.97. The van der Waals surface area contributed by atoms with Crippen molar-refractivity contribution in [2.45, 2.75) is 45.9 Å². The van der Waals surface area contributed by atoms with Crippen LogP contribution in [-0.2, 0) is 4.74 Å². The molecule has 0 bridgehead atoms. The number of ether oxygens (including phenoxy) is 1. The third-order valence-electron chi connectivity index (χ3n) is 4.01. The molecule has 0 radical (unpaired) electrons. The minimum atomic E-state index is 0.137. The van der Waals surface area contributed by atoms with Gasteiger partial charge in [0, 0.05) is 32.2 Å². The molecule has 0 aromatic rings. The Morgan fingerprint density at radius 2 is 2.11 bits per heavy atom. The third kappa shape index (κ3) is 3.20. The average Bonchev–Trinajstić information content (AvgIpc) is 2.68. The first-order chi connectivity index (χ1) is 9.00. The van der Waals surface area contributed by atoms with Gasteiger partial charge in [0.25, 0.3) is 0 Å². The first-order valence-electron chi connectivity index (χ1n) is 7.40. The molecule has 2 rings (SSSR count). The van der Waals surface area contributed by atoms with Gasteiger partial charge in [-0.15, -0.1) is 0 Å². The lowest BCUT2D eigenvalue weighted by atomic mass is 10.0. The third-order valence-corrected chi connectivity index (χ3v) is 4.01. The summed E-state index contributed by atoms with van der Waals surface area (Å²) in [6.07, 6.45) is 0.137. The molecule has 5 heteroatoms. The number of morpholine rings is 1. The molecule has 0 spiro atoms. The number of carbonyl (C=O) groups excluding carboxylic acids is 1. The fourth-order valence-electron chi connectivity index (χ4n) is 2.97. The second kappa shape index (κ2) is 6.09. The van der Waals surface area contributed by atoms with Gasteiger partial charge in [-0.1, -0.05) is 13.8 Å². The molecule has 2 unspecified atom stereocenters. The first-order valence-corrected chi connectivity index (χ1v) is 7.40. The zero-order chi connectivity index (χ0) is 14.0. The molecule has 0 saturated carbocycles. The van der Waals surface area contributed by atoms with E-state index in [2.05, 4.69) is 33.0 Å². The van der Waals surface area contributed by atoms with E-state index < -0.39 is 0 Å². The van der Waals surface area contributed by atoms with Crippen LogP contribution in [0.4, 0.5) is 4.79 Å². The number of carbonyl (C=O) groups is 1. The molecule has 2 fully saturated rings. The second-order valence-corrected chi connectivity index (χ2v) is 6.20. The highest BCUT2D eigenvalue weighted by Crippen LogP contribution is 2.24. The van der Waals surface area contributed by atoms with E-state index in [1.165, 1.54) is 0 Å². The molecule has 2 atom stereocenters. The minimum absolute atomic E-state index is 0.137. The van der Waals surface area contributed by atoms with Crippen molar-refractivity contribution in [2.75, 3.05) is 32.8 Å². The van der Waals surface area contributed by atoms with Gasteiger partial charge in [-0.25, -0.2) is 4.79 Å². The second-order valence-electron chi connectivity index (χ2n) is 6.20. The molecule has 0 aromatic carbocycles. The fraction of sp³-hybridized carbons (Fsp3) is 0.929. The van der Waals surface area contributed by atoms with Crippen LogP contribution in [0, 0.1) is 5.92 Å². The van der Waals surface area contributed by atoms with Gasteiger partial charge in [0.1, 0.15) is 0 Å². The Morgan fingerprint density at radius 3 is 2.58 bits per heavy atom.